The first kappa shape index (κ1) is 13.9. The van der Waals surface area contributed by atoms with Gasteiger partial charge in [0.2, 0.25) is 5.91 Å². The molecule has 104 valence electrons. The first-order chi connectivity index (χ1) is 8.97. The Balaban J connectivity index is 2.07. The fourth-order valence-corrected chi connectivity index (χ4v) is 2.38. The third-order valence-corrected chi connectivity index (χ3v) is 3.46. The number of carbonyl (C=O) groups is 1. The van der Waals surface area contributed by atoms with Gasteiger partial charge in [0.05, 0.1) is 12.5 Å². The van der Waals surface area contributed by atoms with Crippen molar-refractivity contribution in [2.45, 2.75) is 45.8 Å². The Kier molecular flexibility index (Phi) is 4.10. The van der Waals surface area contributed by atoms with Gasteiger partial charge in [-0.05, 0) is 39.3 Å². The zero-order valence-electron chi connectivity index (χ0n) is 11.8. The molecule has 1 aromatic rings. The van der Waals surface area contributed by atoms with Crippen LogP contribution in [0.4, 0.5) is 0 Å². The van der Waals surface area contributed by atoms with Crippen molar-refractivity contribution in [2.24, 2.45) is 11.7 Å². The maximum Gasteiger partial charge on any atom is 0.230 e. The van der Waals surface area contributed by atoms with Crippen LogP contribution in [-0.2, 0) is 11.3 Å². The van der Waals surface area contributed by atoms with E-state index in [9.17, 15) is 4.79 Å². The van der Waals surface area contributed by atoms with Crippen LogP contribution in [0.2, 0.25) is 0 Å². The third kappa shape index (κ3) is 3.26. The quantitative estimate of drug-likeness (QED) is 0.846. The van der Waals surface area contributed by atoms with E-state index in [0.717, 1.165) is 11.5 Å². The van der Waals surface area contributed by atoms with Gasteiger partial charge in [0.1, 0.15) is 11.5 Å². The number of hydrogen-bond acceptors (Lipinski definition) is 3. The smallest absolute Gasteiger partial charge is 0.230 e. The van der Waals surface area contributed by atoms with Gasteiger partial charge in [-0.3, -0.25) is 4.79 Å². The van der Waals surface area contributed by atoms with Crippen LogP contribution in [0.5, 0.6) is 0 Å². The van der Waals surface area contributed by atoms with E-state index in [1.807, 2.05) is 50.0 Å². The van der Waals surface area contributed by atoms with Crippen molar-refractivity contribution in [2.75, 3.05) is 0 Å². The van der Waals surface area contributed by atoms with Crippen LogP contribution in [0.3, 0.4) is 0 Å². The molecule has 1 aliphatic carbocycles. The summed E-state index contributed by atoms with van der Waals surface area (Å²) in [5, 5.41) is 0. The van der Waals surface area contributed by atoms with Gasteiger partial charge < -0.3 is 15.1 Å². The molecule has 0 radical (unpaired) electrons. The van der Waals surface area contributed by atoms with Gasteiger partial charge in [0.15, 0.2) is 0 Å². The van der Waals surface area contributed by atoms with Gasteiger partial charge in [-0.2, -0.15) is 0 Å². The molecule has 0 aromatic carbocycles. The highest BCUT2D eigenvalue weighted by atomic mass is 16.3. The maximum absolute atomic E-state index is 12.5. The molecule has 1 aliphatic rings. The molecule has 0 saturated heterocycles. The van der Waals surface area contributed by atoms with Crippen molar-refractivity contribution in [1.82, 2.24) is 4.90 Å². The molecule has 4 heteroatoms. The fourth-order valence-electron chi connectivity index (χ4n) is 2.38. The molecule has 1 amide bonds. The van der Waals surface area contributed by atoms with E-state index >= 15 is 0 Å². The van der Waals surface area contributed by atoms with Crippen LogP contribution in [0.1, 0.15) is 31.8 Å². The molecule has 2 N–H and O–H groups in total. The Morgan fingerprint density at radius 1 is 1.47 bits per heavy atom. The lowest BCUT2D eigenvalue weighted by Gasteiger charge is -2.28. The number of hydrogen-bond donors (Lipinski definition) is 1. The van der Waals surface area contributed by atoms with E-state index in [-0.39, 0.29) is 23.9 Å². The molecule has 0 saturated carbocycles. The number of amides is 1. The summed E-state index contributed by atoms with van der Waals surface area (Å²) in [6.07, 6.45) is 4.55. The summed E-state index contributed by atoms with van der Waals surface area (Å²) in [7, 11) is 0. The number of carbonyl (C=O) groups excluding carboxylic acids is 1. The van der Waals surface area contributed by atoms with Gasteiger partial charge in [0, 0.05) is 12.1 Å². The molecule has 1 aromatic heterocycles. The van der Waals surface area contributed by atoms with Crippen molar-refractivity contribution in [1.29, 1.82) is 0 Å². The molecule has 0 spiro atoms. The topological polar surface area (TPSA) is 59.5 Å². The zero-order chi connectivity index (χ0) is 14.0. The zero-order valence-corrected chi connectivity index (χ0v) is 11.8. The Bertz CT molecular complexity index is 476. The van der Waals surface area contributed by atoms with E-state index in [0.29, 0.717) is 13.0 Å². The second-order valence-corrected chi connectivity index (χ2v) is 5.46. The predicted molar refractivity (Wildman–Crippen MR) is 74.4 cm³/mol. The molecular formula is C15H22N2O2. The minimum Gasteiger partial charge on any atom is -0.464 e. The normalized spacial score (nSPS) is 22.2. The number of furan rings is 1. The number of rotatable bonds is 4. The van der Waals surface area contributed by atoms with Gasteiger partial charge in [-0.25, -0.2) is 0 Å². The summed E-state index contributed by atoms with van der Waals surface area (Å²) >= 11 is 0. The largest absolute Gasteiger partial charge is 0.464 e. The van der Waals surface area contributed by atoms with Crippen molar-refractivity contribution < 1.29 is 9.21 Å². The average molecular weight is 262 g/mol. The van der Waals surface area contributed by atoms with E-state index in [1.165, 1.54) is 0 Å². The highest BCUT2D eigenvalue weighted by Gasteiger charge is 2.29. The van der Waals surface area contributed by atoms with Gasteiger partial charge >= 0.3 is 0 Å². The Labute approximate surface area is 114 Å². The van der Waals surface area contributed by atoms with E-state index < -0.39 is 0 Å². The highest BCUT2D eigenvalue weighted by Crippen LogP contribution is 2.22. The minimum atomic E-state index is -0.0894. The Morgan fingerprint density at radius 2 is 2.21 bits per heavy atom. The van der Waals surface area contributed by atoms with Gasteiger partial charge in [-0.15, -0.1) is 0 Å². The summed E-state index contributed by atoms with van der Waals surface area (Å²) in [4.78, 5) is 14.4. The molecule has 0 bridgehead atoms. The number of aryl methyl sites for hydroxylation is 1. The van der Waals surface area contributed by atoms with E-state index in [1.54, 1.807) is 0 Å². The SMILES string of the molecule is Cc1ccc(CN(C(=O)C2C=CC(N)C2)C(C)C)o1. The standard InChI is InChI=1S/C15H22N2O2/c1-10(2)17(9-14-7-4-11(3)19-14)15(18)12-5-6-13(16)8-12/h4-7,10,12-13H,8-9,16H2,1-3H3. The first-order valence-corrected chi connectivity index (χ1v) is 6.77. The molecule has 19 heavy (non-hydrogen) atoms. The van der Waals surface area contributed by atoms with E-state index in [4.69, 9.17) is 10.2 Å². The number of nitrogens with zero attached hydrogens (tertiary/aromatic N) is 1. The van der Waals surface area contributed by atoms with Gasteiger partial charge in [0.25, 0.3) is 0 Å². The van der Waals surface area contributed by atoms with Crippen LogP contribution in [-0.4, -0.2) is 22.9 Å². The summed E-state index contributed by atoms with van der Waals surface area (Å²) in [5.41, 5.74) is 5.82. The number of nitrogens with two attached hydrogens (primary N) is 1. The van der Waals surface area contributed by atoms with Crippen LogP contribution in [0.15, 0.2) is 28.7 Å². The van der Waals surface area contributed by atoms with Gasteiger partial charge in [-0.1, -0.05) is 12.2 Å². The molecule has 1 heterocycles. The summed E-state index contributed by atoms with van der Waals surface area (Å²) < 4.78 is 5.56. The summed E-state index contributed by atoms with van der Waals surface area (Å²) in [6, 6.07) is 4.00. The summed E-state index contributed by atoms with van der Waals surface area (Å²) in [6.45, 7) is 6.46. The van der Waals surface area contributed by atoms with Crippen molar-refractivity contribution in [3.8, 4) is 0 Å². The van der Waals surface area contributed by atoms with Crippen molar-refractivity contribution in [3.63, 3.8) is 0 Å². The lowest BCUT2D eigenvalue weighted by atomic mass is 10.1. The third-order valence-electron chi connectivity index (χ3n) is 3.46. The molecule has 0 fully saturated rings. The Hall–Kier alpha value is -1.55. The van der Waals surface area contributed by atoms with Crippen LogP contribution >= 0.6 is 0 Å². The van der Waals surface area contributed by atoms with Crippen LogP contribution in [0, 0.1) is 12.8 Å². The molecule has 2 rings (SSSR count). The second-order valence-electron chi connectivity index (χ2n) is 5.46. The van der Waals surface area contributed by atoms with Crippen molar-refractivity contribution in [3.05, 3.63) is 35.8 Å². The molecule has 4 nitrogen and oxygen atoms in total. The fraction of sp³-hybridized carbons (Fsp3) is 0.533. The lowest BCUT2D eigenvalue weighted by Crippen LogP contribution is -2.40. The lowest BCUT2D eigenvalue weighted by molar-refractivity contribution is -0.136. The summed E-state index contributed by atoms with van der Waals surface area (Å²) in [5.74, 6) is 1.74. The maximum atomic E-state index is 12.5. The van der Waals surface area contributed by atoms with Crippen LogP contribution < -0.4 is 5.73 Å². The van der Waals surface area contributed by atoms with Crippen LogP contribution in [0.25, 0.3) is 0 Å². The molecule has 2 atom stereocenters. The molecule has 2 unspecified atom stereocenters. The average Bonchev–Trinajstić information content (AvgIpc) is 2.94. The molecule has 0 aliphatic heterocycles. The monoisotopic (exact) mass is 262 g/mol. The predicted octanol–water partition coefficient (Wildman–Crippen LogP) is 2.23. The van der Waals surface area contributed by atoms with Crippen molar-refractivity contribution >= 4 is 5.91 Å². The first-order valence-electron chi connectivity index (χ1n) is 6.77. The Morgan fingerprint density at radius 3 is 2.68 bits per heavy atom. The second kappa shape index (κ2) is 5.61. The minimum absolute atomic E-state index is 0.00817. The molecular weight excluding hydrogens is 240 g/mol. The highest BCUT2D eigenvalue weighted by molar-refractivity contribution is 5.81. The van der Waals surface area contributed by atoms with E-state index in [2.05, 4.69) is 0 Å².